The Labute approximate surface area is 132 Å². The molecule has 0 saturated carbocycles. The number of aromatic hydroxyl groups is 1. The van der Waals surface area contributed by atoms with Gasteiger partial charge in [0, 0.05) is 19.0 Å². The van der Waals surface area contributed by atoms with E-state index in [4.69, 9.17) is 11.6 Å². The Bertz CT molecular complexity index is 579. The number of phenols is 1. The standard InChI is InChI=1S/C18H24ClNO/c1-12-5-3-4-6-14(12)16-11-20(2)8-7-13-9-17(19)18(21)10-15(13)16/h9-10,16,21H,3-8,11H2,1-2H3. The van der Waals surface area contributed by atoms with Crippen molar-refractivity contribution < 1.29 is 5.11 Å². The molecule has 3 heteroatoms. The van der Waals surface area contributed by atoms with Gasteiger partial charge in [-0.25, -0.2) is 0 Å². The molecular formula is C18H24ClNO. The summed E-state index contributed by atoms with van der Waals surface area (Å²) in [6, 6.07) is 3.88. The van der Waals surface area contributed by atoms with Crippen LogP contribution in [0, 0.1) is 0 Å². The fourth-order valence-electron chi connectivity index (χ4n) is 3.82. The highest BCUT2D eigenvalue weighted by Gasteiger charge is 2.27. The summed E-state index contributed by atoms with van der Waals surface area (Å²) in [6.45, 7) is 4.38. The van der Waals surface area contributed by atoms with Crippen molar-refractivity contribution in [2.24, 2.45) is 0 Å². The lowest BCUT2D eigenvalue weighted by Gasteiger charge is -2.29. The molecule has 0 fully saturated rings. The highest BCUT2D eigenvalue weighted by Crippen LogP contribution is 2.41. The highest BCUT2D eigenvalue weighted by atomic mass is 35.5. The molecule has 2 aliphatic rings. The molecule has 1 unspecified atom stereocenters. The molecule has 1 heterocycles. The fraction of sp³-hybridized carbons (Fsp3) is 0.556. The van der Waals surface area contributed by atoms with Gasteiger partial charge in [-0.05, 0) is 69.3 Å². The molecule has 0 spiro atoms. The van der Waals surface area contributed by atoms with Crippen LogP contribution in [0.1, 0.15) is 49.7 Å². The number of hydrogen-bond acceptors (Lipinski definition) is 2. The van der Waals surface area contributed by atoms with Crippen LogP contribution in [0.15, 0.2) is 23.3 Å². The van der Waals surface area contributed by atoms with E-state index in [0.29, 0.717) is 10.9 Å². The minimum absolute atomic E-state index is 0.221. The first-order chi connectivity index (χ1) is 10.1. The number of halogens is 1. The van der Waals surface area contributed by atoms with Crippen molar-refractivity contribution in [3.8, 4) is 5.75 Å². The molecular weight excluding hydrogens is 282 g/mol. The van der Waals surface area contributed by atoms with Gasteiger partial charge in [0.15, 0.2) is 0 Å². The van der Waals surface area contributed by atoms with Crippen LogP contribution < -0.4 is 0 Å². The molecule has 0 amide bonds. The smallest absolute Gasteiger partial charge is 0.134 e. The Balaban J connectivity index is 2.09. The summed E-state index contributed by atoms with van der Waals surface area (Å²) in [5.41, 5.74) is 5.75. The van der Waals surface area contributed by atoms with E-state index in [1.807, 2.05) is 12.1 Å². The Kier molecular flexibility index (Phi) is 4.28. The second kappa shape index (κ2) is 6.02. The molecule has 1 aromatic carbocycles. The van der Waals surface area contributed by atoms with E-state index in [0.717, 1.165) is 19.5 Å². The third kappa shape index (κ3) is 2.97. The number of allylic oxidation sites excluding steroid dienone is 1. The summed E-state index contributed by atoms with van der Waals surface area (Å²) in [4.78, 5) is 2.41. The van der Waals surface area contributed by atoms with Crippen LogP contribution in [0.25, 0.3) is 0 Å². The lowest BCUT2D eigenvalue weighted by molar-refractivity contribution is 0.332. The van der Waals surface area contributed by atoms with Gasteiger partial charge >= 0.3 is 0 Å². The van der Waals surface area contributed by atoms with Gasteiger partial charge in [-0.1, -0.05) is 22.7 Å². The maximum atomic E-state index is 10.1. The summed E-state index contributed by atoms with van der Waals surface area (Å²) in [7, 11) is 2.19. The Morgan fingerprint density at radius 2 is 1.95 bits per heavy atom. The van der Waals surface area contributed by atoms with Crippen LogP contribution in [-0.4, -0.2) is 30.1 Å². The van der Waals surface area contributed by atoms with Gasteiger partial charge in [-0.3, -0.25) is 0 Å². The van der Waals surface area contributed by atoms with Crippen LogP contribution in [0.5, 0.6) is 5.75 Å². The summed E-state index contributed by atoms with van der Waals surface area (Å²) in [5, 5.41) is 10.5. The van der Waals surface area contributed by atoms with Crippen molar-refractivity contribution in [1.29, 1.82) is 0 Å². The van der Waals surface area contributed by atoms with Crippen molar-refractivity contribution >= 4 is 11.6 Å². The maximum absolute atomic E-state index is 10.1. The van der Waals surface area contributed by atoms with Gasteiger partial charge in [0.2, 0.25) is 0 Å². The zero-order valence-corrected chi connectivity index (χ0v) is 13.7. The lowest BCUT2D eigenvalue weighted by Crippen LogP contribution is -2.25. The van der Waals surface area contributed by atoms with Crippen LogP contribution in [0.2, 0.25) is 5.02 Å². The van der Waals surface area contributed by atoms with Crippen LogP contribution in [-0.2, 0) is 6.42 Å². The summed E-state index contributed by atoms with van der Waals surface area (Å²) in [5.74, 6) is 0.634. The molecule has 1 N–H and O–H groups in total. The second-order valence-electron chi connectivity index (χ2n) is 6.58. The number of fused-ring (bicyclic) bond motifs is 1. The third-order valence-corrected chi connectivity index (χ3v) is 5.36. The number of likely N-dealkylation sites (N-methyl/N-ethyl adjacent to an activating group) is 1. The Morgan fingerprint density at radius 3 is 2.71 bits per heavy atom. The van der Waals surface area contributed by atoms with E-state index in [2.05, 4.69) is 18.9 Å². The first kappa shape index (κ1) is 14.9. The van der Waals surface area contributed by atoms with E-state index in [9.17, 15) is 5.11 Å². The predicted molar refractivity (Wildman–Crippen MR) is 88.2 cm³/mol. The van der Waals surface area contributed by atoms with Crippen molar-refractivity contribution in [1.82, 2.24) is 4.90 Å². The quantitative estimate of drug-likeness (QED) is 0.772. The van der Waals surface area contributed by atoms with Crippen LogP contribution >= 0.6 is 11.6 Å². The van der Waals surface area contributed by atoms with Gasteiger partial charge in [0.05, 0.1) is 5.02 Å². The van der Waals surface area contributed by atoms with Crippen LogP contribution in [0.4, 0.5) is 0 Å². The molecule has 0 aromatic heterocycles. The molecule has 2 nitrogen and oxygen atoms in total. The van der Waals surface area contributed by atoms with E-state index in [1.165, 1.54) is 36.8 Å². The van der Waals surface area contributed by atoms with Gasteiger partial charge in [-0.15, -0.1) is 0 Å². The number of phenolic OH excluding ortho intramolecular Hbond substituents is 1. The molecule has 1 aliphatic carbocycles. The number of nitrogens with zero attached hydrogens (tertiary/aromatic N) is 1. The fourth-order valence-corrected chi connectivity index (χ4v) is 4.01. The van der Waals surface area contributed by atoms with Crippen molar-refractivity contribution in [3.63, 3.8) is 0 Å². The molecule has 1 aliphatic heterocycles. The van der Waals surface area contributed by atoms with Gasteiger partial charge < -0.3 is 10.0 Å². The zero-order valence-electron chi connectivity index (χ0n) is 13.0. The average Bonchev–Trinajstić information content (AvgIpc) is 2.61. The third-order valence-electron chi connectivity index (χ3n) is 5.06. The first-order valence-electron chi connectivity index (χ1n) is 7.94. The van der Waals surface area contributed by atoms with Gasteiger partial charge in [-0.2, -0.15) is 0 Å². The molecule has 0 radical (unpaired) electrons. The molecule has 0 bridgehead atoms. The summed E-state index contributed by atoms with van der Waals surface area (Å²) in [6.07, 6.45) is 6.05. The predicted octanol–water partition coefficient (Wildman–Crippen LogP) is 4.51. The zero-order chi connectivity index (χ0) is 15.0. The van der Waals surface area contributed by atoms with E-state index < -0.39 is 0 Å². The Morgan fingerprint density at radius 1 is 1.19 bits per heavy atom. The summed E-state index contributed by atoms with van der Waals surface area (Å²) >= 11 is 6.12. The maximum Gasteiger partial charge on any atom is 0.134 e. The normalized spacial score (nSPS) is 23.9. The highest BCUT2D eigenvalue weighted by molar-refractivity contribution is 6.32. The number of hydrogen-bond donors (Lipinski definition) is 1. The molecule has 114 valence electrons. The van der Waals surface area contributed by atoms with Crippen molar-refractivity contribution in [2.75, 3.05) is 20.1 Å². The number of rotatable bonds is 1. The largest absolute Gasteiger partial charge is 0.506 e. The molecule has 21 heavy (non-hydrogen) atoms. The average molecular weight is 306 g/mol. The first-order valence-corrected chi connectivity index (χ1v) is 8.32. The van der Waals surface area contributed by atoms with Gasteiger partial charge in [0.1, 0.15) is 5.75 Å². The van der Waals surface area contributed by atoms with E-state index in [-0.39, 0.29) is 5.75 Å². The molecule has 3 rings (SSSR count). The second-order valence-corrected chi connectivity index (χ2v) is 6.99. The lowest BCUT2D eigenvalue weighted by atomic mass is 9.79. The minimum atomic E-state index is 0.221. The Hall–Kier alpha value is -0.990. The molecule has 1 atom stereocenters. The van der Waals surface area contributed by atoms with Crippen LogP contribution in [0.3, 0.4) is 0 Å². The molecule has 1 aromatic rings. The monoisotopic (exact) mass is 305 g/mol. The minimum Gasteiger partial charge on any atom is -0.506 e. The topological polar surface area (TPSA) is 23.5 Å². The van der Waals surface area contributed by atoms with Crippen molar-refractivity contribution in [2.45, 2.75) is 44.9 Å². The molecule has 0 saturated heterocycles. The van der Waals surface area contributed by atoms with E-state index >= 15 is 0 Å². The number of benzene rings is 1. The van der Waals surface area contributed by atoms with E-state index in [1.54, 1.807) is 11.1 Å². The SMILES string of the molecule is CC1=C(C2CN(C)CCc3cc(Cl)c(O)cc32)CCCC1. The summed E-state index contributed by atoms with van der Waals surface area (Å²) < 4.78 is 0. The van der Waals surface area contributed by atoms with Gasteiger partial charge in [0.25, 0.3) is 0 Å². The van der Waals surface area contributed by atoms with Crippen molar-refractivity contribution in [3.05, 3.63) is 39.4 Å².